The molecule has 0 aromatic heterocycles. The van der Waals surface area contributed by atoms with Crippen molar-refractivity contribution in [3.05, 3.63) is 35.5 Å². The number of hydrogen-bond donors (Lipinski definition) is 1. The van der Waals surface area contributed by atoms with Crippen molar-refractivity contribution < 1.29 is 9.53 Å². The molecule has 1 aromatic carbocycles. The zero-order valence-corrected chi connectivity index (χ0v) is 11.4. The number of phenols is 1. The van der Waals surface area contributed by atoms with Gasteiger partial charge in [-0.3, -0.25) is 0 Å². The van der Waals surface area contributed by atoms with Gasteiger partial charge < -0.3 is 9.53 Å². The lowest BCUT2D eigenvalue weighted by atomic mass is 10.2. The van der Waals surface area contributed by atoms with E-state index in [2.05, 4.69) is 18.8 Å². The molecule has 3 heteroatoms. The van der Waals surface area contributed by atoms with Crippen LogP contribution in [-0.2, 0) is 4.43 Å². The summed E-state index contributed by atoms with van der Waals surface area (Å²) in [5.41, 5.74) is 2.94. The molecule has 0 bridgehead atoms. The van der Waals surface area contributed by atoms with Crippen LogP contribution < -0.4 is 0 Å². The Labute approximate surface area is 98.7 Å². The van der Waals surface area contributed by atoms with E-state index in [4.69, 9.17) is 4.43 Å². The van der Waals surface area contributed by atoms with Gasteiger partial charge >= 0.3 is 0 Å². The van der Waals surface area contributed by atoms with Crippen LogP contribution in [0.2, 0.25) is 13.1 Å². The van der Waals surface area contributed by atoms with E-state index in [-0.39, 0.29) is 6.10 Å². The third kappa shape index (κ3) is 4.21. The van der Waals surface area contributed by atoms with Crippen molar-refractivity contribution in [2.45, 2.75) is 33.0 Å². The molecule has 1 rings (SSSR count). The van der Waals surface area contributed by atoms with Gasteiger partial charge in [0.05, 0.1) is 0 Å². The van der Waals surface area contributed by atoms with Crippen LogP contribution in [0.1, 0.15) is 19.4 Å². The monoisotopic (exact) mass is 236 g/mol. The Morgan fingerprint density at radius 1 is 1.25 bits per heavy atom. The van der Waals surface area contributed by atoms with Crippen LogP contribution >= 0.6 is 0 Å². The first-order valence-electron chi connectivity index (χ1n) is 5.56. The molecule has 16 heavy (non-hydrogen) atoms. The molecular formula is C13H20O2Si. The van der Waals surface area contributed by atoms with Gasteiger partial charge in [0.1, 0.15) is 5.75 Å². The van der Waals surface area contributed by atoms with Crippen LogP contribution in [0.3, 0.4) is 0 Å². The number of aromatic hydroxyl groups is 1. The Bertz CT molecular complexity index is 370. The summed E-state index contributed by atoms with van der Waals surface area (Å²) in [5.74, 6) is 0.313. The van der Waals surface area contributed by atoms with Gasteiger partial charge in [-0.1, -0.05) is 30.0 Å². The van der Waals surface area contributed by atoms with Crippen molar-refractivity contribution in [2.24, 2.45) is 0 Å². The SMILES string of the molecule is CC(C)O[Si](C)(C)/C=C/c1ccccc1O. The first-order chi connectivity index (χ1) is 7.41. The van der Waals surface area contributed by atoms with Crippen molar-refractivity contribution in [1.29, 1.82) is 0 Å². The van der Waals surface area contributed by atoms with E-state index in [1.54, 1.807) is 6.07 Å². The van der Waals surface area contributed by atoms with Gasteiger partial charge in [0.2, 0.25) is 8.32 Å². The van der Waals surface area contributed by atoms with E-state index in [0.29, 0.717) is 5.75 Å². The number of rotatable bonds is 4. The Morgan fingerprint density at radius 3 is 2.44 bits per heavy atom. The summed E-state index contributed by atoms with van der Waals surface area (Å²) in [7, 11) is -1.76. The zero-order chi connectivity index (χ0) is 12.2. The molecule has 0 fully saturated rings. The standard InChI is InChI=1S/C13H20O2Si/c1-11(2)15-16(3,4)10-9-12-7-5-6-8-13(12)14/h5-11,14H,1-4H3/b10-9+. The molecule has 1 aromatic rings. The van der Waals surface area contributed by atoms with E-state index in [1.165, 1.54) is 0 Å². The molecule has 0 unspecified atom stereocenters. The number of benzene rings is 1. The smallest absolute Gasteiger partial charge is 0.211 e. The number of para-hydroxylation sites is 1. The normalized spacial score (nSPS) is 12.6. The minimum atomic E-state index is -1.76. The second kappa shape index (κ2) is 5.32. The molecule has 0 heterocycles. The summed E-state index contributed by atoms with van der Waals surface area (Å²) in [6.07, 6.45) is 2.19. The lowest BCUT2D eigenvalue weighted by Crippen LogP contribution is -2.31. The van der Waals surface area contributed by atoms with E-state index >= 15 is 0 Å². The fourth-order valence-electron chi connectivity index (χ4n) is 1.57. The van der Waals surface area contributed by atoms with Gasteiger partial charge in [-0.2, -0.15) is 0 Å². The molecule has 2 nitrogen and oxygen atoms in total. The van der Waals surface area contributed by atoms with E-state index in [1.807, 2.05) is 38.1 Å². The van der Waals surface area contributed by atoms with Gasteiger partial charge in [0, 0.05) is 11.7 Å². The van der Waals surface area contributed by atoms with Crippen LogP contribution in [0, 0.1) is 0 Å². The molecule has 0 aliphatic carbocycles. The average molecular weight is 236 g/mol. The minimum Gasteiger partial charge on any atom is -0.507 e. The molecule has 0 saturated carbocycles. The molecule has 0 saturated heterocycles. The van der Waals surface area contributed by atoms with Crippen molar-refractivity contribution in [1.82, 2.24) is 0 Å². The van der Waals surface area contributed by atoms with Gasteiger partial charge in [-0.25, -0.2) is 0 Å². The highest BCUT2D eigenvalue weighted by Gasteiger charge is 2.19. The molecule has 0 atom stereocenters. The van der Waals surface area contributed by atoms with E-state index in [0.717, 1.165) is 5.56 Å². The third-order valence-corrected chi connectivity index (χ3v) is 4.19. The summed E-state index contributed by atoms with van der Waals surface area (Å²) in [5, 5.41) is 9.61. The topological polar surface area (TPSA) is 29.5 Å². The molecule has 0 aliphatic heterocycles. The van der Waals surface area contributed by atoms with Crippen molar-refractivity contribution >= 4 is 14.4 Å². The lowest BCUT2D eigenvalue weighted by molar-refractivity contribution is 0.238. The van der Waals surface area contributed by atoms with E-state index in [9.17, 15) is 5.11 Å². The minimum absolute atomic E-state index is 0.246. The van der Waals surface area contributed by atoms with Crippen LogP contribution in [-0.4, -0.2) is 19.5 Å². The third-order valence-electron chi connectivity index (χ3n) is 2.14. The Morgan fingerprint density at radius 2 is 1.88 bits per heavy atom. The second-order valence-corrected chi connectivity index (χ2v) is 8.44. The Hall–Kier alpha value is -1.06. The zero-order valence-electron chi connectivity index (χ0n) is 10.4. The summed E-state index contributed by atoms with van der Waals surface area (Å²) in [6.45, 7) is 8.37. The quantitative estimate of drug-likeness (QED) is 0.810. The predicted molar refractivity (Wildman–Crippen MR) is 70.8 cm³/mol. The predicted octanol–water partition coefficient (Wildman–Crippen LogP) is 3.57. The van der Waals surface area contributed by atoms with Gasteiger partial charge in [0.15, 0.2) is 0 Å². The van der Waals surface area contributed by atoms with Crippen molar-refractivity contribution in [3.63, 3.8) is 0 Å². The summed E-state index contributed by atoms with van der Waals surface area (Å²) in [4.78, 5) is 0. The first kappa shape index (κ1) is 13.0. The molecule has 1 N–H and O–H groups in total. The fourth-order valence-corrected chi connectivity index (χ4v) is 3.44. The second-order valence-electron chi connectivity index (χ2n) is 4.66. The lowest BCUT2D eigenvalue weighted by Gasteiger charge is -2.21. The Balaban J connectivity index is 2.77. The van der Waals surface area contributed by atoms with Crippen LogP contribution in [0.5, 0.6) is 5.75 Å². The fraction of sp³-hybridized carbons (Fsp3) is 0.385. The maximum atomic E-state index is 9.61. The molecule has 0 aliphatic rings. The maximum Gasteiger partial charge on any atom is 0.211 e. The first-order valence-corrected chi connectivity index (χ1v) is 8.54. The largest absolute Gasteiger partial charge is 0.507 e. The highest BCUT2D eigenvalue weighted by Crippen LogP contribution is 2.19. The maximum absolute atomic E-state index is 9.61. The summed E-state index contributed by atoms with van der Waals surface area (Å²) < 4.78 is 5.87. The van der Waals surface area contributed by atoms with Gasteiger partial charge in [-0.05, 0) is 33.0 Å². The highest BCUT2D eigenvalue weighted by atomic mass is 28.4. The average Bonchev–Trinajstić information content (AvgIpc) is 2.14. The number of phenolic OH excluding ortho intramolecular Hbond substituents is 1. The Kier molecular flexibility index (Phi) is 4.32. The molecule has 0 radical (unpaired) electrons. The summed E-state index contributed by atoms with van der Waals surface area (Å²) in [6, 6.07) is 7.32. The highest BCUT2D eigenvalue weighted by molar-refractivity contribution is 6.76. The molecule has 0 spiro atoms. The van der Waals surface area contributed by atoms with E-state index < -0.39 is 8.32 Å². The van der Waals surface area contributed by atoms with Crippen molar-refractivity contribution in [3.8, 4) is 5.75 Å². The molecule has 88 valence electrons. The van der Waals surface area contributed by atoms with Crippen molar-refractivity contribution in [2.75, 3.05) is 0 Å². The molecular weight excluding hydrogens is 216 g/mol. The van der Waals surface area contributed by atoms with Crippen LogP contribution in [0.15, 0.2) is 30.0 Å². The van der Waals surface area contributed by atoms with Gasteiger partial charge in [0.25, 0.3) is 0 Å². The van der Waals surface area contributed by atoms with Crippen LogP contribution in [0.25, 0.3) is 6.08 Å². The van der Waals surface area contributed by atoms with Gasteiger partial charge in [-0.15, -0.1) is 0 Å². The molecule has 0 amide bonds. The number of hydrogen-bond acceptors (Lipinski definition) is 2. The summed E-state index contributed by atoms with van der Waals surface area (Å²) >= 11 is 0. The van der Waals surface area contributed by atoms with Crippen LogP contribution in [0.4, 0.5) is 0 Å².